The zero-order chi connectivity index (χ0) is 13.0. The quantitative estimate of drug-likeness (QED) is 0.467. The molecule has 0 amide bonds. The standard InChI is InChI=1S/C12H11IN2O3/c13-9-2-1-3-10(16)11(9)12(17)18-7-6-15-5-4-14-8-15/h1-2,4-5,8H,3,6-7H2. The van der Waals surface area contributed by atoms with Crippen LogP contribution in [0.1, 0.15) is 6.42 Å². The SMILES string of the molecule is O=C1CC=CC(I)=C1C(=O)OCCn1ccnc1. The highest BCUT2D eigenvalue weighted by atomic mass is 127. The fourth-order valence-corrected chi connectivity index (χ4v) is 2.31. The first-order valence-electron chi connectivity index (χ1n) is 5.41. The van der Waals surface area contributed by atoms with E-state index >= 15 is 0 Å². The number of allylic oxidation sites excluding steroid dienone is 3. The average Bonchev–Trinajstić information content (AvgIpc) is 2.82. The number of hydrogen-bond donors (Lipinski definition) is 0. The van der Waals surface area contributed by atoms with Gasteiger partial charge in [0.15, 0.2) is 5.78 Å². The number of rotatable bonds is 4. The molecule has 5 nitrogen and oxygen atoms in total. The highest BCUT2D eigenvalue weighted by Gasteiger charge is 2.23. The summed E-state index contributed by atoms with van der Waals surface area (Å²) < 4.78 is 7.53. The van der Waals surface area contributed by atoms with E-state index in [-0.39, 0.29) is 24.4 Å². The minimum absolute atomic E-state index is 0.156. The van der Waals surface area contributed by atoms with E-state index in [0.29, 0.717) is 10.1 Å². The zero-order valence-electron chi connectivity index (χ0n) is 9.51. The summed E-state index contributed by atoms with van der Waals surface area (Å²) in [6.07, 6.45) is 8.85. The number of esters is 1. The molecule has 0 bridgehead atoms. The second-order valence-electron chi connectivity index (χ2n) is 3.69. The van der Waals surface area contributed by atoms with Gasteiger partial charge >= 0.3 is 5.97 Å². The van der Waals surface area contributed by atoms with Gasteiger partial charge in [0.05, 0.1) is 12.9 Å². The van der Waals surface area contributed by atoms with Crippen LogP contribution in [0.2, 0.25) is 0 Å². The van der Waals surface area contributed by atoms with E-state index < -0.39 is 5.97 Å². The maximum atomic E-state index is 11.8. The summed E-state index contributed by atoms with van der Waals surface area (Å²) in [5.41, 5.74) is 0.156. The highest BCUT2D eigenvalue weighted by molar-refractivity contribution is 14.1. The Morgan fingerprint density at radius 3 is 3.06 bits per heavy atom. The summed E-state index contributed by atoms with van der Waals surface area (Å²) in [5.74, 6) is -0.733. The summed E-state index contributed by atoms with van der Waals surface area (Å²) in [7, 11) is 0. The molecule has 0 saturated carbocycles. The zero-order valence-corrected chi connectivity index (χ0v) is 11.7. The third-order valence-electron chi connectivity index (χ3n) is 2.43. The van der Waals surface area contributed by atoms with Gasteiger partial charge in [0, 0.05) is 22.4 Å². The number of carbonyl (C=O) groups excluding carboxylic acids is 2. The summed E-state index contributed by atoms with van der Waals surface area (Å²) in [6, 6.07) is 0. The fourth-order valence-electron chi connectivity index (χ4n) is 1.53. The van der Waals surface area contributed by atoms with E-state index in [0.717, 1.165) is 0 Å². The molecular formula is C12H11IN2O3. The molecule has 1 aromatic rings. The van der Waals surface area contributed by atoms with Gasteiger partial charge in [0.1, 0.15) is 12.2 Å². The lowest BCUT2D eigenvalue weighted by molar-refractivity contribution is -0.140. The predicted octanol–water partition coefficient (Wildman–Crippen LogP) is 1.64. The third kappa shape index (κ3) is 3.06. The number of aromatic nitrogens is 2. The third-order valence-corrected chi connectivity index (χ3v) is 3.33. The number of nitrogens with zero attached hydrogens (tertiary/aromatic N) is 2. The molecule has 1 aliphatic carbocycles. The maximum Gasteiger partial charge on any atom is 0.342 e. The van der Waals surface area contributed by atoms with Crippen LogP contribution in [0.4, 0.5) is 0 Å². The molecular weight excluding hydrogens is 347 g/mol. The van der Waals surface area contributed by atoms with Crippen LogP contribution < -0.4 is 0 Å². The first-order valence-corrected chi connectivity index (χ1v) is 6.48. The highest BCUT2D eigenvalue weighted by Crippen LogP contribution is 2.22. The van der Waals surface area contributed by atoms with Gasteiger partial charge in [-0.1, -0.05) is 12.2 Å². The van der Waals surface area contributed by atoms with Crippen LogP contribution >= 0.6 is 22.6 Å². The van der Waals surface area contributed by atoms with Gasteiger partial charge < -0.3 is 9.30 Å². The van der Waals surface area contributed by atoms with E-state index in [1.807, 2.05) is 22.6 Å². The van der Waals surface area contributed by atoms with Crippen molar-refractivity contribution >= 4 is 34.3 Å². The Balaban J connectivity index is 1.92. The second-order valence-corrected chi connectivity index (χ2v) is 4.85. The summed E-state index contributed by atoms with van der Waals surface area (Å²) in [5, 5.41) is 0. The molecule has 0 fully saturated rings. The van der Waals surface area contributed by atoms with Gasteiger partial charge in [0.25, 0.3) is 0 Å². The number of carbonyl (C=O) groups is 2. The number of ether oxygens (including phenoxy) is 1. The number of halogens is 1. The largest absolute Gasteiger partial charge is 0.460 e. The lowest BCUT2D eigenvalue weighted by Crippen LogP contribution is -2.20. The van der Waals surface area contributed by atoms with Gasteiger partial charge in [-0.2, -0.15) is 0 Å². The summed E-state index contributed by atoms with van der Waals surface area (Å²) >= 11 is 1.97. The molecule has 6 heteroatoms. The number of Topliss-reactive ketones (excluding diaryl/α,β-unsaturated/α-hetero) is 1. The van der Waals surface area contributed by atoms with E-state index in [1.165, 1.54) is 0 Å². The first-order chi connectivity index (χ1) is 8.68. The summed E-state index contributed by atoms with van der Waals surface area (Å²) in [6.45, 7) is 0.749. The van der Waals surface area contributed by atoms with Gasteiger partial charge in [-0.25, -0.2) is 9.78 Å². The van der Waals surface area contributed by atoms with Crippen molar-refractivity contribution in [3.8, 4) is 0 Å². The van der Waals surface area contributed by atoms with Gasteiger partial charge in [-0.15, -0.1) is 0 Å². The molecule has 0 saturated heterocycles. The van der Waals surface area contributed by atoms with Crippen molar-refractivity contribution in [3.63, 3.8) is 0 Å². The van der Waals surface area contributed by atoms with Gasteiger partial charge in [-0.3, -0.25) is 4.79 Å². The van der Waals surface area contributed by atoms with Crippen molar-refractivity contribution in [3.05, 3.63) is 40.0 Å². The minimum Gasteiger partial charge on any atom is -0.460 e. The smallest absolute Gasteiger partial charge is 0.342 e. The lowest BCUT2D eigenvalue weighted by Gasteiger charge is -2.11. The van der Waals surface area contributed by atoms with Crippen LogP contribution in [0, 0.1) is 0 Å². The predicted molar refractivity (Wildman–Crippen MR) is 73.0 cm³/mol. The van der Waals surface area contributed by atoms with E-state index in [4.69, 9.17) is 4.74 Å². The van der Waals surface area contributed by atoms with Crippen molar-refractivity contribution in [2.45, 2.75) is 13.0 Å². The van der Waals surface area contributed by atoms with Crippen LogP contribution in [-0.4, -0.2) is 27.9 Å². The van der Waals surface area contributed by atoms with E-state index in [2.05, 4.69) is 4.98 Å². The number of imidazole rings is 1. The van der Waals surface area contributed by atoms with Crippen molar-refractivity contribution in [1.82, 2.24) is 9.55 Å². The maximum absolute atomic E-state index is 11.8. The van der Waals surface area contributed by atoms with Crippen LogP contribution in [0.3, 0.4) is 0 Å². The molecule has 2 rings (SSSR count). The lowest BCUT2D eigenvalue weighted by atomic mass is 10.0. The molecule has 0 radical (unpaired) electrons. The Kier molecular flexibility index (Phi) is 4.29. The Bertz CT molecular complexity index is 517. The monoisotopic (exact) mass is 358 g/mol. The van der Waals surface area contributed by atoms with Gasteiger partial charge in [0.2, 0.25) is 0 Å². The molecule has 1 aromatic heterocycles. The fraction of sp³-hybridized carbons (Fsp3) is 0.250. The number of ketones is 1. The molecule has 18 heavy (non-hydrogen) atoms. The summed E-state index contributed by atoms with van der Waals surface area (Å²) in [4.78, 5) is 27.3. The van der Waals surface area contributed by atoms with Gasteiger partial charge in [-0.05, 0) is 22.6 Å². The topological polar surface area (TPSA) is 61.2 Å². The molecule has 94 valence electrons. The van der Waals surface area contributed by atoms with Crippen molar-refractivity contribution in [2.24, 2.45) is 0 Å². The van der Waals surface area contributed by atoms with Crippen molar-refractivity contribution in [2.75, 3.05) is 6.61 Å². The van der Waals surface area contributed by atoms with Crippen LogP contribution in [-0.2, 0) is 20.9 Å². The van der Waals surface area contributed by atoms with Crippen LogP contribution in [0.5, 0.6) is 0 Å². The van der Waals surface area contributed by atoms with E-state index in [9.17, 15) is 9.59 Å². The van der Waals surface area contributed by atoms with E-state index in [1.54, 1.807) is 35.4 Å². The van der Waals surface area contributed by atoms with Crippen molar-refractivity contribution in [1.29, 1.82) is 0 Å². The Labute approximate surface area is 118 Å². The molecule has 1 aliphatic rings. The van der Waals surface area contributed by atoms with Crippen LogP contribution in [0.15, 0.2) is 40.0 Å². The first kappa shape index (κ1) is 13.0. The normalized spacial score (nSPS) is 15.1. The Morgan fingerprint density at radius 1 is 1.56 bits per heavy atom. The van der Waals surface area contributed by atoms with Crippen molar-refractivity contribution < 1.29 is 14.3 Å². The Hall–Kier alpha value is -1.44. The Morgan fingerprint density at radius 2 is 2.39 bits per heavy atom. The molecule has 0 spiro atoms. The molecule has 0 atom stereocenters. The number of hydrogen-bond acceptors (Lipinski definition) is 4. The molecule has 0 aromatic carbocycles. The molecule has 0 N–H and O–H groups in total. The molecule has 0 unspecified atom stereocenters. The molecule has 0 aliphatic heterocycles. The average molecular weight is 358 g/mol. The molecule has 1 heterocycles. The second kappa shape index (κ2) is 5.94. The van der Waals surface area contributed by atoms with Crippen LogP contribution in [0.25, 0.3) is 0 Å². The minimum atomic E-state index is -0.547.